The molecule has 0 bridgehead atoms. The van der Waals surface area contributed by atoms with E-state index >= 15 is 0 Å². The predicted molar refractivity (Wildman–Crippen MR) is 82.6 cm³/mol. The van der Waals surface area contributed by atoms with Crippen molar-refractivity contribution in [3.05, 3.63) is 47.2 Å². The van der Waals surface area contributed by atoms with Crippen molar-refractivity contribution in [3.63, 3.8) is 0 Å². The summed E-state index contributed by atoms with van der Waals surface area (Å²) in [5, 5.41) is 0.953. The molecule has 0 N–H and O–H groups in total. The average Bonchev–Trinajstić information content (AvgIpc) is 2.25. The Morgan fingerprint density at radius 2 is 2.00 bits per heavy atom. The van der Waals surface area contributed by atoms with E-state index in [1.165, 1.54) is 5.56 Å². The molecule has 0 atom stereocenters. The fourth-order valence-electron chi connectivity index (χ4n) is 1.77. The van der Waals surface area contributed by atoms with E-state index < -0.39 is 8.32 Å². The van der Waals surface area contributed by atoms with Gasteiger partial charge >= 0.3 is 0 Å². The first-order valence-electron chi connectivity index (χ1n) is 6.32. The number of allylic oxidation sites excluding steroid dienone is 1. The van der Waals surface area contributed by atoms with E-state index in [0.29, 0.717) is 0 Å². The monoisotopic (exact) mass is 282 g/mol. The highest BCUT2D eigenvalue weighted by molar-refractivity contribution is 6.74. The lowest BCUT2D eigenvalue weighted by atomic mass is 10.0. The van der Waals surface area contributed by atoms with E-state index in [1.54, 1.807) is 0 Å². The second-order valence-corrected chi connectivity index (χ2v) is 10.8. The van der Waals surface area contributed by atoms with Crippen molar-refractivity contribution in [2.45, 2.75) is 45.3 Å². The Labute approximate surface area is 117 Å². The largest absolute Gasteiger partial charge is 0.549 e. The average molecular weight is 283 g/mol. The molecule has 0 saturated carbocycles. The minimum absolute atomic E-state index is 0.150. The van der Waals surface area contributed by atoms with Gasteiger partial charge in [0.15, 0.2) is 0 Å². The second-order valence-electron chi connectivity index (χ2n) is 5.79. The summed E-state index contributed by atoms with van der Waals surface area (Å²) in [6.07, 6.45) is 4.76. The van der Waals surface area contributed by atoms with Gasteiger partial charge in [0, 0.05) is 5.02 Å². The first kappa shape index (κ1) is 15.3. The van der Waals surface area contributed by atoms with Crippen LogP contribution in [0.1, 0.15) is 26.3 Å². The molecule has 1 aromatic rings. The number of rotatable bonds is 5. The maximum Gasteiger partial charge on any atom is 0.250 e. The highest BCUT2D eigenvalue weighted by Crippen LogP contribution is 2.41. The van der Waals surface area contributed by atoms with Crippen LogP contribution >= 0.6 is 11.6 Å². The third-order valence-corrected chi connectivity index (χ3v) is 8.06. The summed E-state index contributed by atoms with van der Waals surface area (Å²) >= 11 is 6.04. The molecule has 0 fully saturated rings. The zero-order valence-corrected chi connectivity index (χ0v) is 13.7. The van der Waals surface area contributed by atoms with Crippen LogP contribution in [0, 0.1) is 0 Å². The summed E-state index contributed by atoms with van der Waals surface area (Å²) in [6.45, 7) is 11.1. The van der Waals surface area contributed by atoms with E-state index in [1.807, 2.05) is 37.5 Å². The van der Waals surface area contributed by atoms with E-state index in [9.17, 15) is 0 Å². The summed E-state index contributed by atoms with van der Waals surface area (Å²) in [4.78, 5) is 0. The second kappa shape index (κ2) is 5.94. The van der Waals surface area contributed by atoms with Gasteiger partial charge in [-0.3, -0.25) is 0 Å². The first-order chi connectivity index (χ1) is 8.28. The SMILES string of the molecule is C/C=C/O[Si](C)(C)C(C)(C)Cc1cccc(Cl)c1. The van der Waals surface area contributed by atoms with E-state index in [-0.39, 0.29) is 5.04 Å². The summed E-state index contributed by atoms with van der Waals surface area (Å²) in [5.74, 6) is 0. The van der Waals surface area contributed by atoms with Crippen LogP contribution in [0.15, 0.2) is 36.6 Å². The minimum Gasteiger partial charge on any atom is -0.549 e. The van der Waals surface area contributed by atoms with E-state index in [0.717, 1.165) is 11.4 Å². The molecule has 0 amide bonds. The Morgan fingerprint density at radius 3 is 2.56 bits per heavy atom. The van der Waals surface area contributed by atoms with Crippen LogP contribution in [-0.2, 0) is 10.8 Å². The third-order valence-electron chi connectivity index (χ3n) is 3.66. The molecule has 0 aliphatic carbocycles. The number of halogens is 1. The molecule has 0 spiro atoms. The van der Waals surface area contributed by atoms with Gasteiger partial charge in [-0.15, -0.1) is 0 Å². The van der Waals surface area contributed by atoms with Crippen LogP contribution < -0.4 is 0 Å². The van der Waals surface area contributed by atoms with Crippen LogP contribution in [0.3, 0.4) is 0 Å². The van der Waals surface area contributed by atoms with Crippen LogP contribution in [0.5, 0.6) is 0 Å². The fourth-order valence-corrected chi connectivity index (χ4v) is 3.41. The van der Waals surface area contributed by atoms with Gasteiger partial charge in [0.05, 0.1) is 6.26 Å². The van der Waals surface area contributed by atoms with Gasteiger partial charge in [-0.05, 0) is 49.2 Å². The number of hydrogen-bond acceptors (Lipinski definition) is 1. The fraction of sp³-hybridized carbons (Fsp3) is 0.467. The van der Waals surface area contributed by atoms with Gasteiger partial charge in [-0.2, -0.15) is 0 Å². The van der Waals surface area contributed by atoms with Gasteiger partial charge in [-0.25, -0.2) is 0 Å². The van der Waals surface area contributed by atoms with Crippen molar-refractivity contribution in [3.8, 4) is 0 Å². The highest BCUT2D eigenvalue weighted by atomic mass is 35.5. The van der Waals surface area contributed by atoms with Gasteiger partial charge in [0.25, 0.3) is 0 Å². The summed E-state index contributed by atoms with van der Waals surface area (Å²) in [7, 11) is -1.78. The van der Waals surface area contributed by atoms with Crippen molar-refractivity contribution < 1.29 is 4.43 Å². The standard InChI is InChI=1S/C15H23ClOSi/c1-6-10-17-18(4,5)15(2,3)12-13-8-7-9-14(16)11-13/h6-11H,12H2,1-5H3/b10-6+. The maximum absolute atomic E-state index is 6.04. The van der Waals surface area contributed by atoms with Gasteiger partial charge in [0.2, 0.25) is 8.32 Å². The molecular formula is C15H23ClOSi. The van der Waals surface area contributed by atoms with Crippen LogP contribution in [0.4, 0.5) is 0 Å². The molecule has 0 heterocycles. The zero-order valence-electron chi connectivity index (χ0n) is 12.0. The van der Waals surface area contributed by atoms with E-state index in [4.69, 9.17) is 16.0 Å². The van der Waals surface area contributed by atoms with Crippen LogP contribution in [0.25, 0.3) is 0 Å². The Bertz CT molecular complexity index is 424. The minimum atomic E-state index is -1.78. The molecule has 0 aliphatic heterocycles. The lowest BCUT2D eigenvalue weighted by molar-refractivity contribution is 0.417. The van der Waals surface area contributed by atoms with Crippen molar-refractivity contribution in [2.75, 3.05) is 0 Å². The zero-order chi connectivity index (χ0) is 13.8. The Hall–Kier alpha value is -0.733. The summed E-state index contributed by atoms with van der Waals surface area (Å²) in [6, 6.07) is 8.10. The molecule has 1 nitrogen and oxygen atoms in total. The molecular weight excluding hydrogens is 260 g/mol. The lowest BCUT2D eigenvalue weighted by Crippen LogP contribution is -2.42. The topological polar surface area (TPSA) is 9.23 Å². The van der Waals surface area contributed by atoms with Crippen molar-refractivity contribution in [1.29, 1.82) is 0 Å². The summed E-state index contributed by atoms with van der Waals surface area (Å²) in [5.41, 5.74) is 1.28. The molecule has 0 radical (unpaired) electrons. The smallest absolute Gasteiger partial charge is 0.250 e. The quantitative estimate of drug-likeness (QED) is 0.518. The van der Waals surface area contributed by atoms with E-state index in [2.05, 4.69) is 33.0 Å². The predicted octanol–water partition coefficient (Wildman–Crippen LogP) is 5.42. The lowest BCUT2D eigenvalue weighted by Gasteiger charge is -2.38. The Balaban J connectivity index is 2.86. The Morgan fingerprint density at radius 1 is 1.33 bits per heavy atom. The molecule has 100 valence electrons. The number of hydrogen-bond donors (Lipinski definition) is 0. The highest BCUT2D eigenvalue weighted by Gasteiger charge is 2.41. The molecule has 0 aliphatic rings. The van der Waals surface area contributed by atoms with Crippen LogP contribution in [-0.4, -0.2) is 8.32 Å². The first-order valence-corrected chi connectivity index (χ1v) is 9.60. The maximum atomic E-state index is 6.04. The molecule has 3 heteroatoms. The summed E-state index contributed by atoms with van der Waals surface area (Å²) < 4.78 is 5.97. The van der Waals surface area contributed by atoms with Crippen molar-refractivity contribution in [2.24, 2.45) is 0 Å². The Kier molecular flexibility index (Phi) is 5.06. The third kappa shape index (κ3) is 3.89. The molecule has 0 saturated heterocycles. The van der Waals surface area contributed by atoms with Crippen LogP contribution in [0.2, 0.25) is 23.2 Å². The molecule has 1 aromatic carbocycles. The van der Waals surface area contributed by atoms with Crippen molar-refractivity contribution in [1.82, 2.24) is 0 Å². The number of benzene rings is 1. The molecule has 18 heavy (non-hydrogen) atoms. The molecule has 0 aromatic heterocycles. The van der Waals surface area contributed by atoms with Gasteiger partial charge in [0.1, 0.15) is 0 Å². The van der Waals surface area contributed by atoms with Crippen molar-refractivity contribution >= 4 is 19.9 Å². The van der Waals surface area contributed by atoms with Gasteiger partial charge in [-0.1, -0.05) is 43.7 Å². The van der Waals surface area contributed by atoms with Gasteiger partial charge < -0.3 is 4.43 Å². The molecule has 0 unspecified atom stereocenters. The normalized spacial score (nSPS) is 13.0. The molecule has 1 rings (SSSR count).